The first-order valence-corrected chi connectivity index (χ1v) is 7.82. The first-order chi connectivity index (χ1) is 11.1. The molecule has 0 saturated carbocycles. The fourth-order valence-electron chi connectivity index (χ4n) is 2.41. The summed E-state index contributed by atoms with van der Waals surface area (Å²) in [5.41, 5.74) is 6.14. The molecule has 5 nitrogen and oxygen atoms in total. The summed E-state index contributed by atoms with van der Waals surface area (Å²) in [6.07, 6.45) is 1.40. The molecule has 0 radical (unpaired) electrons. The first kappa shape index (κ1) is 18.6. The fourth-order valence-corrected chi connectivity index (χ4v) is 2.41. The largest absolute Gasteiger partial charge is 0.491 e. The minimum atomic E-state index is -0.971. The zero-order chi connectivity index (χ0) is 18.1. The summed E-state index contributed by atoms with van der Waals surface area (Å²) in [4.78, 5) is 10.8. The Morgan fingerprint density at radius 1 is 1.29 bits per heavy atom. The lowest BCUT2D eigenvalue weighted by Gasteiger charge is -2.32. The number of carboxylic acids is 1. The molecule has 24 heavy (non-hydrogen) atoms. The molecule has 0 atom stereocenters. The number of aliphatic carboxylic acids is 1. The number of hydrogen-bond donors (Lipinski definition) is 2. The molecule has 3 N–H and O–H groups in total. The van der Waals surface area contributed by atoms with Gasteiger partial charge < -0.3 is 20.1 Å². The molecule has 0 spiro atoms. The summed E-state index contributed by atoms with van der Waals surface area (Å²) in [7, 11) is -0.664. The van der Waals surface area contributed by atoms with Gasteiger partial charge in [-0.15, -0.1) is 0 Å². The van der Waals surface area contributed by atoms with Crippen molar-refractivity contribution in [2.45, 2.75) is 45.3 Å². The van der Waals surface area contributed by atoms with Crippen molar-refractivity contribution in [3.8, 4) is 0 Å². The van der Waals surface area contributed by atoms with Crippen molar-refractivity contribution >= 4 is 19.2 Å². The van der Waals surface area contributed by atoms with E-state index in [9.17, 15) is 9.18 Å². The Labute approximate surface area is 141 Å². The van der Waals surface area contributed by atoms with E-state index in [1.807, 2.05) is 27.7 Å². The molecule has 0 bridgehead atoms. The lowest BCUT2D eigenvalue weighted by molar-refractivity contribution is -0.136. The maximum absolute atomic E-state index is 14.1. The third-order valence-electron chi connectivity index (χ3n) is 4.55. The Balaban J connectivity index is 2.33. The molecule has 7 heteroatoms. The first-order valence-electron chi connectivity index (χ1n) is 7.82. The van der Waals surface area contributed by atoms with Gasteiger partial charge in [-0.25, -0.2) is 4.39 Å². The second kappa shape index (κ2) is 6.66. The number of carbonyl (C=O) groups is 1. The van der Waals surface area contributed by atoms with E-state index in [-0.39, 0.29) is 18.5 Å². The van der Waals surface area contributed by atoms with E-state index >= 15 is 0 Å². The normalized spacial score (nSPS) is 19.6. The van der Waals surface area contributed by atoms with Crippen LogP contribution in [0.3, 0.4) is 0 Å². The molecule has 1 aromatic rings. The van der Waals surface area contributed by atoms with Crippen molar-refractivity contribution in [1.82, 2.24) is 0 Å². The Kier molecular flexibility index (Phi) is 5.18. The van der Waals surface area contributed by atoms with Gasteiger partial charge in [0.2, 0.25) is 0 Å². The van der Waals surface area contributed by atoms with Crippen LogP contribution in [-0.2, 0) is 20.5 Å². The van der Waals surface area contributed by atoms with Crippen LogP contribution in [0.2, 0.25) is 0 Å². The zero-order valence-corrected chi connectivity index (χ0v) is 14.4. The van der Waals surface area contributed by atoms with Crippen molar-refractivity contribution in [1.29, 1.82) is 0 Å². The van der Waals surface area contributed by atoms with Crippen LogP contribution in [0.1, 0.15) is 38.8 Å². The van der Waals surface area contributed by atoms with Crippen LogP contribution in [0, 0.1) is 5.82 Å². The number of benzene rings is 1. The van der Waals surface area contributed by atoms with E-state index in [1.54, 1.807) is 6.08 Å². The van der Waals surface area contributed by atoms with Crippen molar-refractivity contribution in [2.24, 2.45) is 5.73 Å². The van der Waals surface area contributed by atoms with Crippen molar-refractivity contribution < 1.29 is 23.6 Å². The van der Waals surface area contributed by atoms with Crippen molar-refractivity contribution in [2.75, 3.05) is 6.54 Å². The predicted molar refractivity (Wildman–Crippen MR) is 90.9 cm³/mol. The van der Waals surface area contributed by atoms with Crippen LogP contribution in [0.25, 0.3) is 6.08 Å². The third kappa shape index (κ3) is 3.86. The SMILES string of the molecule is CC1(C)OB(C(=Cc2cc(CC(=O)O)ccc2F)CN)OC1(C)C. The molecule has 1 fully saturated rings. The highest BCUT2D eigenvalue weighted by Crippen LogP contribution is 2.38. The van der Waals surface area contributed by atoms with Gasteiger partial charge in [0.1, 0.15) is 5.82 Å². The van der Waals surface area contributed by atoms with Gasteiger partial charge >= 0.3 is 13.1 Å². The lowest BCUT2D eigenvalue weighted by atomic mass is 9.77. The molecule has 1 aliphatic heterocycles. The highest BCUT2D eigenvalue weighted by molar-refractivity contribution is 6.55. The van der Waals surface area contributed by atoms with Gasteiger partial charge in [-0.1, -0.05) is 12.1 Å². The van der Waals surface area contributed by atoms with Gasteiger partial charge in [0.15, 0.2) is 0 Å². The molecule has 0 amide bonds. The molecule has 1 aliphatic rings. The van der Waals surface area contributed by atoms with Crippen molar-refractivity contribution in [3.63, 3.8) is 0 Å². The maximum Gasteiger partial charge on any atom is 0.491 e. The molecular formula is C17H23BFNO4. The predicted octanol–water partition coefficient (Wildman–Crippen LogP) is 2.43. The van der Waals surface area contributed by atoms with E-state index in [0.717, 1.165) is 0 Å². The van der Waals surface area contributed by atoms with Gasteiger partial charge in [0.05, 0.1) is 17.6 Å². The molecule has 130 valence electrons. The molecule has 0 aliphatic carbocycles. The average molecular weight is 335 g/mol. The van der Waals surface area contributed by atoms with Crippen LogP contribution in [0.15, 0.2) is 23.7 Å². The third-order valence-corrected chi connectivity index (χ3v) is 4.55. The Bertz CT molecular complexity index is 657. The van der Waals surface area contributed by atoms with Gasteiger partial charge in [0, 0.05) is 12.1 Å². The summed E-state index contributed by atoms with van der Waals surface area (Å²) < 4.78 is 26.0. The Hall–Kier alpha value is -1.70. The molecule has 1 aromatic carbocycles. The number of nitrogens with two attached hydrogens (primary N) is 1. The van der Waals surface area contributed by atoms with Crippen LogP contribution < -0.4 is 5.73 Å². The number of carboxylic acid groups (broad SMARTS) is 1. The van der Waals surface area contributed by atoms with Crippen molar-refractivity contribution in [3.05, 3.63) is 40.6 Å². The topological polar surface area (TPSA) is 81.8 Å². The molecular weight excluding hydrogens is 312 g/mol. The average Bonchev–Trinajstić information content (AvgIpc) is 2.67. The van der Waals surface area contributed by atoms with E-state index < -0.39 is 30.1 Å². The summed E-state index contributed by atoms with van der Waals surface area (Å²) in [6.45, 7) is 7.84. The second-order valence-corrected chi connectivity index (χ2v) is 6.94. The lowest BCUT2D eigenvalue weighted by Crippen LogP contribution is -2.41. The second-order valence-electron chi connectivity index (χ2n) is 6.94. The summed E-state index contributed by atoms with van der Waals surface area (Å²) in [6, 6.07) is 4.21. The summed E-state index contributed by atoms with van der Waals surface area (Å²) in [5.74, 6) is -1.42. The summed E-state index contributed by atoms with van der Waals surface area (Å²) >= 11 is 0. The molecule has 1 saturated heterocycles. The maximum atomic E-state index is 14.1. The molecule has 0 unspecified atom stereocenters. The molecule has 0 aromatic heterocycles. The van der Waals surface area contributed by atoms with Crippen LogP contribution in [0.4, 0.5) is 4.39 Å². The Morgan fingerprint density at radius 2 is 1.88 bits per heavy atom. The van der Waals surface area contributed by atoms with Gasteiger partial charge in [-0.2, -0.15) is 0 Å². The van der Waals surface area contributed by atoms with E-state index in [4.69, 9.17) is 20.1 Å². The minimum absolute atomic E-state index is 0.138. The number of hydrogen-bond acceptors (Lipinski definition) is 4. The van der Waals surface area contributed by atoms with Gasteiger partial charge in [0.25, 0.3) is 0 Å². The van der Waals surface area contributed by atoms with E-state index in [1.165, 1.54) is 18.2 Å². The monoisotopic (exact) mass is 335 g/mol. The molecule has 1 heterocycles. The minimum Gasteiger partial charge on any atom is -0.481 e. The molecule has 2 rings (SSSR count). The fraction of sp³-hybridized carbons (Fsp3) is 0.471. The number of rotatable bonds is 5. The Morgan fingerprint density at radius 3 is 2.38 bits per heavy atom. The highest BCUT2D eigenvalue weighted by atomic mass is 19.1. The smallest absolute Gasteiger partial charge is 0.481 e. The number of halogens is 1. The van der Waals surface area contributed by atoms with E-state index in [0.29, 0.717) is 11.0 Å². The van der Waals surface area contributed by atoms with Crippen LogP contribution in [0.5, 0.6) is 0 Å². The van der Waals surface area contributed by atoms with Gasteiger partial charge in [-0.05, 0) is 50.9 Å². The van der Waals surface area contributed by atoms with Crippen LogP contribution >= 0.6 is 0 Å². The standard InChI is InChI=1S/C17H23BFNO4/c1-16(2)17(3,4)24-18(23-16)13(10-20)9-12-7-11(8-15(21)22)5-6-14(12)19/h5-7,9H,8,10,20H2,1-4H3,(H,21,22). The van der Waals surface area contributed by atoms with Gasteiger partial charge in [-0.3, -0.25) is 4.79 Å². The zero-order valence-electron chi connectivity index (χ0n) is 14.4. The summed E-state index contributed by atoms with van der Waals surface area (Å²) in [5, 5.41) is 8.87. The van der Waals surface area contributed by atoms with Crippen LogP contribution in [-0.4, -0.2) is 35.9 Å². The van der Waals surface area contributed by atoms with E-state index in [2.05, 4.69) is 0 Å². The quantitative estimate of drug-likeness (QED) is 0.808. The highest BCUT2D eigenvalue weighted by Gasteiger charge is 2.52.